The second-order valence-electron chi connectivity index (χ2n) is 4.43. The number of allylic oxidation sites excluding steroid dienone is 2. The molecule has 1 unspecified atom stereocenters. The van der Waals surface area contributed by atoms with Crippen LogP contribution in [0.5, 0.6) is 0 Å². The summed E-state index contributed by atoms with van der Waals surface area (Å²) in [6, 6.07) is 0. The number of alkyl halides is 1. The van der Waals surface area contributed by atoms with Crippen molar-refractivity contribution in [2.45, 2.75) is 50.8 Å². The first-order valence-electron chi connectivity index (χ1n) is 6.07. The first kappa shape index (κ1) is 14.0. The summed E-state index contributed by atoms with van der Waals surface area (Å²) in [7, 11) is -2.80. The lowest BCUT2D eigenvalue weighted by Crippen LogP contribution is -2.08. The normalized spacial score (nSPS) is 22.6. The van der Waals surface area contributed by atoms with Gasteiger partial charge in [0.25, 0.3) is 0 Å². The summed E-state index contributed by atoms with van der Waals surface area (Å²) in [6.07, 6.45) is 8.28. The number of hydrogen-bond donors (Lipinski definition) is 0. The van der Waals surface area contributed by atoms with E-state index in [0.717, 1.165) is 25.7 Å². The minimum atomic E-state index is -2.80. The molecule has 1 atom stereocenters. The minimum absolute atomic E-state index is 0.153. The Bertz CT molecular complexity index is 333. The van der Waals surface area contributed by atoms with Crippen LogP contribution in [0, 0.1) is 0 Å². The second kappa shape index (κ2) is 6.65. The summed E-state index contributed by atoms with van der Waals surface area (Å²) in [5.41, 5.74) is 1.35. The molecule has 1 aliphatic carbocycles. The maximum atomic E-state index is 11.3. The van der Waals surface area contributed by atoms with E-state index in [1.807, 2.05) is 0 Å². The number of hydrogen-bond acceptors (Lipinski definition) is 2. The van der Waals surface area contributed by atoms with Crippen LogP contribution in [0.4, 0.5) is 0 Å². The van der Waals surface area contributed by atoms with E-state index in [2.05, 4.69) is 6.08 Å². The van der Waals surface area contributed by atoms with Gasteiger partial charge in [-0.15, -0.1) is 11.6 Å². The Morgan fingerprint density at radius 3 is 2.88 bits per heavy atom. The summed E-state index contributed by atoms with van der Waals surface area (Å²) < 4.78 is 22.7. The molecule has 0 bridgehead atoms. The quantitative estimate of drug-likeness (QED) is 0.564. The lowest BCUT2D eigenvalue weighted by Gasteiger charge is -2.06. The van der Waals surface area contributed by atoms with Gasteiger partial charge in [0.1, 0.15) is 9.84 Å². The van der Waals surface area contributed by atoms with Crippen molar-refractivity contribution < 1.29 is 8.42 Å². The molecule has 0 aromatic carbocycles. The van der Waals surface area contributed by atoms with Crippen LogP contribution in [-0.2, 0) is 9.84 Å². The highest BCUT2D eigenvalue weighted by Crippen LogP contribution is 2.24. The SMILES string of the molecule is CCS(=O)(=O)CCCC1=CC(Cl)CCCC1. The third-order valence-electron chi connectivity index (χ3n) is 3.04. The molecule has 1 rings (SSSR count). The third kappa shape index (κ3) is 5.35. The Labute approximate surface area is 104 Å². The maximum Gasteiger partial charge on any atom is 0.150 e. The standard InChI is InChI=1S/C12H21ClO2S/c1-2-16(14,15)9-5-7-11-6-3-4-8-12(13)10-11/h10,12H,2-9H2,1H3. The van der Waals surface area contributed by atoms with Crippen LogP contribution < -0.4 is 0 Å². The molecule has 0 aliphatic heterocycles. The van der Waals surface area contributed by atoms with Gasteiger partial charge >= 0.3 is 0 Å². The maximum absolute atomic E-state index is 11.3. The molecular weight excluding hydrogens is 244 g/mol. The molecule has 4 heteroatoms. The molecule has 0 fully saturated rings. The summed E-state index contributed by atoms with van der Waals surface area (Å²) in [5.74, 6) is 0.567. The van der Waals surface area contributed by atoms with Gasteiger partial charge in [0.05, 0.1) is 11.1 Å². The highest BCUT2D eigenvalue weighted by molar-refractivity contribution is 7.91. The highest BCUT2D eigenvalue weighted by atomic mass is 35.5. The molecule has 0 spiro atoms. The van der Waals surface area contributed by atoms with Gasteiger partial charge in [0.2, 0.25) is 0 Å². The molecule has 2 nitrogen and oxygen atoms in total. The highest BCUT2D eigenvalue weighted by Gasteiger charge is 2.11. The van der Waals surface area contributed by atoms with E-state index in [1.165, 1.54) is 18.4 Å². The van der Waals surface area contributed by atoms with Gasteiger partial charge < -0.3 is 0 Å². The zero-order valence-corrected chi connectivity index (χ0v) is 11.5. The molecule has 94 valence electrons. The van der Waals surface area contributed by atoms with E-state index in [-0.39, 0.29) is 11.1 Å². The second-order valence-corrected chi connectivity index (χ2v) is 7.46. The first-order valence-corrected chi connectivity index (χ1v) is 8.33. The molecule has 0 saturated carbocycles. The summed E-state index contributed by atoms with van der Waals surface area (Å²) in [6.45, 7) is 1.70. The van der Waals surface area contributed by atoms with Crippen molar-refractivity contribution >= 4 is 21.4 Å². The predicted molar refractivity (Wildman–Crippen MR) is 69.8 cm³/mol. The van der Waals surface area contributed by atoms with E-state index >= 15 is 0 Å². The first-order chi connectivity index (χ1) is 7.53. The van der Waals surface area contributed by atoms with Gasteiger partial charge in [-0.2, -0.15) is 0 Å². The van der Waals surface area contributed by atoms with Crippen LogP contribution >= 0.6 is 11.6 Å². The van der Waals surface area contributed by atoms with Crippen molar-refractivity contribution in [1.29, 1.82) is 0 Å². The largest absolute Gasteiger partial charge is 0.229 e. The van der Waals surface area contributed by atoms with Gasteiger partial charge in [-0.3, -0.25) is 0 Å². The molecule has 1 aliphatic rings. The minimum Gasteiger partial charge on any atom is -0.229 e. The summed E-state index contributed by atoms with van der Waals surface area (Å²) >= 11 is 6.12. The van der Waals surface area contributed by atoms with Crippen molar-refractivity contribution in [3.63, 3.8) is 0 Å². The van der Waals surface area contributed by atoms with Gasteiger partial charge in [0, 0.05) is 5.75 Å². The Morgan fingerprint density at radius 1 is 1.44 bits per heavy atom. The van der Waals surface area contributed by atoms with E-state index in [4.69, 9.17) is 11.6 Å². The van der Waals surface area contributed by atoms with E-state index in [9.17, 15) is 8.42 Å². The van der Waals surface area contributed by atoms with Crippen LogP contribution in [0.25, 0.3) is 0 Å². The average Bonchev–Trinajstić information content (AvgIpc) is 2.43. The number of rotatable bonds is 5. The Morgan fingerprint density at radius 2 is 2.19 bits per heavy atom. The van der Waals surface area contributed by atoms with Crippen LogP contribution in [0.2, 0.25) is 0 Å². The summed E-state index contributed by atoms with van der Waals surface area (Å²) in [4.78, 5) is 0. The average molecular weight is 265 g/mol. The molecule has 0 N–H and O–H groups in total. The molecule has 0 aromatic rings. The van der Waals surface area contributed by atoms with Gasteiger partial charge in [0.15, 0.2) is 0 Å². The summed E-state index contributed by atoms with van der Waals surface area (Å²) in [5, 5.41) is 0.153. The molecule has 0 aromatic heterocycles. The van der Waals surface area contributed by atoms with Crippen molar-refractivity contribution in [3.8, 4) is 0 Å². The Balaban J connectivity index is 2.37. The monoisotopic (exact) mass is 264 g/mol. The lowest BCUT2D eigenvalue weighted by molar-refractivity contribution is 0.594. The van der Waals surface area contributed by atoms with Gasteiger partial charge in [-0.25, -0.2) is 8.42 Å². The Kier molecular flexibility index (Phi) is 5.84. The van der Waals surface area contributed by atoms with E-state index in [0.29, 0.717) is 5.75 Å². The molecule has 0 saturated heterocycles. The van der Waals surface area contributed by atoms with E-state index in [1.54, 1.807) is 6.92 Å². The third-order valence-corrected chi connectivity index (χ3v) is 5.17. The number of halogens is 1. The topological polar surface area (TPSA) is 34.1 Å². The van der Waals surface area contributed by atoms with Crippen LogP contribution in [0.3, 0.4) is 0 Å². The van der Waals surface area contributed by atoms with Crippen LogP contribution in [-0.4, -0.2) is 25.3 Å². The van der Waals surface area contributed by atoms with Gasteiger partial charge in [-0.05, 0) is 32.1 Å². The van der Waals surface area contributed by atoms with E-state index < -0.39 is 9.84 Å². The smallest absolute Gasteiger partial charge is 0.150 e. The zero-order valence-electron chi connectivity index (χ0n) is 9.91. The molecule has 0 radical (unpaired) electrons. The number of sulfone groups is 1. The fraction of sp³-hybridized carbons (Fsp3) is 0.833. The fourth-order valence-corrected chi connectivity index (χ4v) is 3.19. The van der Waals surface area contributed by atoms with Crippen LogP contribution in [0.1, 0.15) is 45.4 Å². The Hall–Kier alpha value is -0.0200. The van der Waals surface area contributed by atoms with Gasteiger partial charge in [-0.1, -0.05) is 25.0 Å². The molecule has 0 heterocycles. The lowest BCUT2D eigenvalue weighted by atomic mass is 10.1. The van der Waals surface area contributed by atoms with Crippen molar-refractivity contribution in [2.75, 3.05) is 11.5 Å². The molecule has 16 heavy (non-hydrogen) atoms. The van der Waals surface area contributed by atoms with Crippen molar-refractivity contribution in [3.05, 3.63) is 11.6 Å². The van der Waals surface area contributed by atoms with Crippen molar-refractivity contribution in [1.82, 2.24) is 0 Å². The predicted octanol–water partition coefficient (Wildman–Crippen LogP) is 3.31. The molecular formula is C12H21ClO2S. The van der Waals surface area contributed by atoms with Crippen molar-refractivity contribution in [2.24, 2.45) is 0 Å². The van der Waals surface area contributed by atoms with Crippen LogP contribution in [0.15, 0.2) is 11.6 Å². The molecule has 0 amide bonds. The zero-order chi connectivity index (χ0) is 12.0. The fourth-order valence-electron chi connectivity index (χ4n) is 1.99.